The molecule has 0 aliphatic carbocycles. The highest BCUT2D eigenvalue weighted by atomic mass is 35.5. The first-order valence-corrected chi connectivity index (χ1v) is 3.99. The molecule has 1 aromatic rings. The molecule has 0 fully saturated rings. The Balaban J connectivity index is 3.39. The first kappa shape index (κ1) is 10.4. The van der Waals surface area contributed by atoms with Gasteiger partial charge in [0, 0.05) is 0 Å². The number of carbonyl (C=O) groups is 1. The van der Waals surface area contributed by atoms with Crippen LogP contribution in [0.2, 0.25) is 5.02 Å². The molecule has 0 heterocycles. The fourth-order valence-electron chi connectivity index (χ4n) is 0.974. The van der Waals surface area contributed by atoms with E-state index in [9.17, 15) is 4.79 Å². The third kappa shape index (κ3) is 1.78. The van der Waals surface area contributed by atoms with Gasteiger partial charge in [-0.05, 0) is 12.1 Å². The number of nitriles is 1. The summed E-state index contributed by atoms with van der Waals surface area (Å²) in [5, 5.41) is 17.4. The largest absolute Gasteiger partial charge is 0.495 e. The summed E-state index contributed by atoms with van der Waals surface area (Å²) in [5.74, 6) is -0.952. The van der Waals surface area contributed by atoms with E-state index in [0.29, 0.717) is 0 Å². The number of benzene rings is 1. The van der Waals surface area contributed by atoms with E-state index in [1.54, 1.807) is 0 Å². The molecule has 0 radical (unpaired) electrons. The second kappa shape index (κ2) is 3.99. The van der Waals surface area contributed by atoms with Crippen LogP contribution in [-0.4, -0.2) is 18.2 Å². The lowest BCUT2D eigenvalue weighted by Crippen LogP contribution is -1.99. The molecule has 72 valence electrons. The summed E-state index contributed by atoms with van der Waals surface area (Å²) < 4.78 is 4.84. The lowest BCUT2D eigenvalue weighted by atomic mass is 10.1. The van der Waals surface area contributed by atoms with E-state index in [1.165, 1.54) is 19.2 Å². The molecule has 1 N–H and O–H groups in total. The summed E-state index contributed by atoms with van der Waals surface area (Å²) in [6, 6.07) is 4.34. The third-order valence-corrected chi connectivity index (χ3v) is 1.95. The van der Waals surface area contributed by atoms with Gasteiger partial charge < -0.3 is 9.84 Å². The number of nitrogens with zero attached hydrogens (tertiary/aromatic N) is 1. The first-order valence-electron chi connectivity index (χ1n) is 3.61. The van der Waals surface area contributed by atoms with Gasteiger partial charge in [-0.2, -0.15) is 5.26 Å². The maximum atomic E-state index is 10.7. The Bertz CT molecular complexity index is 423. The maximum absolute atomic E-state index is 10.7. The molecular weight excluding hydrogens is 206 g/mol. The highest BCUT2D eigenvalue weighted by Gasteiger charge is 2.13. The van der Waals surface area contributed by atoms with Crippen LogP contribution in [0, 0.1) is 11.3 Å². The highest BCUT2D eigenvalue weighted by molar-refractivity contribution is 6.33. The van der Waals surface area contributed by atoms with Crippen molar-refractivity contribution in [1.29, 1.82) is 5.26 Å². The molecule has 4 nitrogen and oxygen atoms in total. The standard InChI is InChI=1S/C9H6ClNO3/c1-14-8-3-6(9(12)13)7(10)2-5(8)4-11/h2-3H,1H3,(H,12,13). The topological polar surface area (TPSA) is 70.3 Å². The van der Waals surface area contributed by atoms with Crippen LogP contribution in [0.4, 0.5) is 0 Å². The second-order valence-electron chi connectivity index (χ2n) is 2.45. The molecule has 0 unspecified atom stereocenters. The predicted octanol–water partition coefficient (Wildman–Crippen LogP) is 1.92. The molecular formula is C9H6ClNO3. The number of hydrogen-bond acceptors (Lipinski definition) is 3. The van der Waals surface area contributed by atoms with Gasteiger partial charge in [-0.15, -0.1) is 0 Å². The van der Waals surface area contributed by atoms with Gasteiger partial charge >= 0.3 is 5.97 Å². The molecule has 0 saturated heterocycles. The van der Waals surface area contributed by atoms with Gasteiger partial charge in [0.25, 0.3) is 0 Å². The van der Waals surface area contributed by atoms with Crippen molar-refractivity contribution in [2.45, 2.75) is 0 Å². The van der Waals surface area contributed by atoms with Crippen LogP contribution in [0.5, 0.6) is 5.75 Å². The molecule has 1 aromatic carbocycles. The van der Waals surface area contributed by atoms with E-state index in [0.717, 1.165) is 0 Å². The zero-order chi connectivity index (χ0) is 10.7. The number of methoxy groups -OCH3 is 1. The molecule has 14 heavy (non-hydrogen) atoms. The molecule has 1 rings (SSSR count). The minimum Gasteiger partial charge on any atom is -0.495 e. The van der Waals surface area contributed by atoms with E-state index >= 15 is 0 Å². The molecule has 0 aliphatic rings. The summed E-state index contributed by atoms with van der Waals surface area (Å²) in [4.78, 5) is 10.7. The van der Waals surface area contributed by atoms with Crippen molar-refractivity contribution in [1.82, 2.24) is 0 Å². The monoisotopic (exact) mass is 211 g/mol. The van der Waals surface area contributed by atoms with Crippen molar-refractivity contribution in [3.63, 3.8) is 0 Å². The van der Waals surface area contributed by atoms with Gasteiger partial charge in [-0.25, -0.2) is 4.79 Å². The Morgan fingerprint density at radius 1 is 1.64 bits per heavy atom. The van der Waals surface area contributed by atoms with Crippen LogP contribution in [0.15, 0.2) is 12.1 Å². The maximum Gasteiger partial charge on any atom is 0.337 e. The fraction of sp³-hybridized carbons (Fsp3) is 0.111. The van der Waals surface area contributed by atoms with Crippen molar-refractivity contribution in [2.75, 3.05) is 7.11 Å². The molecule has 0 aliphatic heterocycles. The minimum atomic E-state index is -1.15. The zero-order valence-electron chi connectivity index (χ0n) is 7.24. The van der Waals surface area contributed by atoms with Crippen molar-refractivity contribution in [3.05, 3.63) is 28.3 Å². The summed E-state index contributed by atoms with van der Waals surface area (Å²) in [7, 11) is 1.36. The van der Waals surface area contributed by atoms with Crippen molar-refractivity contribution in [3.8, 4) is 11.8 Å². The summed E-state index contributed by atoms with van der Waals surface area (Å²) in [6.07, 6.45) is 0. The number of hydrogen-bond donors (Lipinski definition) is 1. The van der Waals surface area contributed by atoms with Crippen LogP contribution in [-0.2, 0) is 0 Å². The zero-order valence-corrected chi connectivity index (χ0v) is 8.00. The number of carboxylic acid groups (broad SMARTS) is 1. The molecule has 0 spiro atoms. The van der Waals surface area contributed by atoms with Crippen molar-refractivity contribution >= 4 is 17.6 Å². The Labute approximate surface area is 85.3 Å². The summed E-state index contributed by atoms with van der Waals surface area (Å²) in [5.41, 5.74) is 0.130. The number of halogens is 1. The Kier molecular flexibility index (Phi) is 2.95. The highest BCUT2D eigenvalue weighted by Crippen LogP contribution is 2.26. The van der Waals surface area contributed by atoms with E-state index in [4.69, 9.17) is 26.7 Å². The fourth-order valence-corrected chi connectivity index (χ4v) is 1.22. The van der Waals surface area contributed by atoms with E-state index in [-0.39, 0.29) is 21.9 Å². The molecule has 5 heteroatoms. The predicted molar refractivity (Wildman–Crippen MR) is 49.7 cm³/mol. The van der Waals surface area contributed by atoms with Gasteiger partial charge in [0.2, 0.25) is 0 Å². The second-order valence-corrected chi connectivity index (χ2v) is 2.86. The van der Waals surface area contributed by atoms with Crippen LogP contribution in [0.25, 0.3) is 0 Å². The molecule has 0 bridgehead atoms. The van der Waals surface area contributed by atoms with Crippen molar-refractivity contribution in [2.24, 2.45) is 0 Å². The van der Waals surface area contributed by atoms with E-state index < -0.39 is 5.97 Å². The van der Waals surface area contributed by atoms with Gasteiger partial charge in [0.05, 0.1) is 23.3 Å². The average Bonchev–Trinajstić information content (AvgIpc) is 2.16. The van der Waals surface area contributed by atoms with Crippen LogP contribution in [0.3, 0.4) is 0 Å². The van der Waals surface area contributed by atoms with Crippen LogP contribution >= 0.6 is 11.6 Å². The quantitative estimate of drug-likeness (QED) is 0.811. The number of carboxylic acids is 1. The molecule has 0 amide bonds. The lowest BCUT2D eigenvalue weighted by Gasteiger charge is -2.05. The third-order valence-electron chi connectivity index (χ3n) is 1.64. The first-order chi connectivity index (χ1) is 6.60. The molecule has 0 atom stereocenters. The van der Waals surface area contributed by atoms with E-state index in [2.05, 4.69) is 0 Å². The normalized spacial score (nSPS) is 9.21. The smallest absolute Gasteiger partial charge is 0.337 e. The van der Waals surface area contributed by atoms with E-state index in [1.807, 2.05) is 6.07 Å². The Morgan fingerprint density at radius 2 is 2.29 bits per heavy atom. The number of aromatic carboxylic acids is 1. The lowest BCUT2D eigenvalue weighted by molar-refractivity contribution is 0.0696. The average molecular weight is 212 g/mol. The van der Waals surface area contributed by atoms with Crippen LogP contribution in [0.1, 0.15) is 15.9 Å². The van der Waals surface area contributed by atoms with Gasteiger partial charge in [0.15, 0.2) is 0 Å². The Morgan fingerprint density at radius 3 is 2.71 bits per heavy atom. The molecule has 0 aromatic heterocycles. The van der Waals surface area contributed by atoms with Crippen LogP contribution < -0.4 is 4.74 Å². The number of rotatable bonds is 2. The van der Waals surface area contributed by atoms with Gasteiger partial charge in [-0.1, -0.05) is 11.6 Å². The molecule has 0 saturated carbocycles. The summed E-state index contributed by atoms with van der Waals surface area (Å²) >= 11 is 5.64. The minimum absolute atomic E-state index is 0.0230. The Hall–Kier alpha value is -1.73. The summed E-state index contributed by atoms with van der Waals surface area (Å²) in [6.45, 7) is 0. The van der Waals surface area contributed by atoms with Gasteiger partial charge in [-0.3, -0.25) is 0 Å². The SMILES string of the molecule is COc1cc(C(=O)O)c(Cl)cc1C#N. The van der Waals surface area contributed by atoms with Crippen molar-refractivity contribution < 1.29 is 14.6 Å². The van der Waals surface area contributed by atoms with Gasteiger partial charge in [0.1, 0.15) is 11.8 Å². The number of ether oxygens (including phenoxy) is 1.